The second-order valence-electron chi connectivity index (χ2n) is 7.35. The van der Waals surface area contributed by atoms with E-state index in [4.69, 9.17) is 0 Å². The first-order valence-electron chi connectivity index (χ1n) is 8.69. The van der Waals surface area contributed by atoms with Crippen LogP contribution in [0.4, 0.5) is 0 Å². The summed E-state index contributed by atoms with van der Waals surface area (Å²) in [6, 6.07) is 1.07. The van der Waals surface area contributed by atoms with Crippen LogP contribution in [0.2, 0.25) is 0 Å². The third-order valence-electron chi connectivity index (χ3n) is 5.27. The molecule has 0 saturated carbocycles. The number of likely N-dealkylation sites (tertiary alicyclic amines) is 2. The lowest BCUT2D eigenvalue weighted by Gasteiger charge is -2.39. The van der Waals surface area contributed by atoms with Gasteiger partial charge in [0.15, 0.2) is 0 Å². The largest absolute Gasteiger partial charge is 0.342 e. The Bertz CT molecular complexity index is 337. The van der Waals surface area contributed by atoms with Crippen LogP contribution in [0, 0.1) is 5.92 Å². The van der Waals surface area contributed by atoms with Crippen molar-refractivity contribution in [3.8, 4) is 0 Å². The van der Waals surface area contributed by atoms with Gasteiger partial charge >= 0.3 is 0 Å². The van der Waals surface area contributed by atoms with Gasteiger partial charge in [0.2, 0.25) is 5.91 Å². The molecule has 0 aromatic rings. The van der Waals surface area contributed by atoms with Crippen LogP contribution in [0.3, 0.4) is 0 Å². The van der Waals surface area contributed by atoms with Gasteiger partial charge in [0.1, 0.15) is 0 Å². The molecule has 1 atom stereocenters. The number of carbonyl (C=O) groups excluding carboxylic acids is 1. The first-order valence-corrected chi connectivity index (χ1v) is 8.69. The zero-order valence-corrected chi connectivity index (χ0v) is 14.3. The Morgan fingerprint density at radius 1 is 1.19 bits per heavy atom. The molecule has 0 N–H and O–H groups in total. The Labute approximate surface area is 130 Å². The summed E-state index contributed by atoms with van der Waals surface area (Å²) in [5, 5.41) is 0. The lowest BCUT2D eigenvalue weighted by molar-refractivity contribution is -0.134. The van der Waals surface area contributed by atoms with Gasteiger partial charge in [-0.05, 0) is 52.0 Å². The fourth-order valence-electron chi connectivity index (χ4n) is 3.73. The minimum absolute atomic E-state index is 0.312. The van der Waals surface area contributed by atoms with E-state index in [1.807, 2.05) is 11.9 Å². The highest BCUT2D eigenvalue weighted by Gasteiger charge is 2.27. The second kappa shape index (κ2) is 7.59. The van der Waals surface area contributed by atoms with Gasteiger partial charge < -0.3 is 9.80 Å². The van der Waals surface area contributed by atoms with Crippen molar-refractivity contribution in [1.82, 2.24) is 14.7 Å². The molecule has 21 heavy (non-hydrogen) atoms. The van der Waals surface area contributed by atoms with Crippen LogP contribution in [0.1, 0.15) is 46.5 Å². The van der Waals surface area contributed by atoms with E-state index in [0.717, 1.165) is 44.9 Å². The molecule has 4 nitrogen and oxygen atoms in total. The maximum Gasteiger partial charge on any atom is 0.236 e. The number of carbonyl (C=O) groups is 1. The number of likely N-dealkylation sites (N-methyl/N-ethyl adjacent to an activating group) is 1. The summed E-state index contributed by atoms with van der Waals surface area (Å²) in [5.41, 5.74) is 0. The molecule has 2 fully saturated rings. The summed E-state index contributed by atoms with van der Waals surface area (Å²) in [4.78, 5) is 19.4. The Morgan fingerprint density at radius 3 is 2.43 bits per heavy atom. The molecule has 2 heterocycles. The molecular weight excluding hydrogens is 262 g/mol. The average Bonchev–Trinajstić information content (AvgIpc) is 2.46. The summed E-state index contributed by atoms with van der Waals surface area (Å²) in [5.74, 6) is 1.05. The highest BCUT2D eigenvalue weighted by molar-refractivity contribution is 5.78. The second-order valence-corrected chi connectivity index (χ2v) is 7.35. The van der Waals surface area contributed by atoms with Gasteiger partial charge in [-0.3, -0.25) is 9.69 Å². The number of amides is 1. The molecule has 0 aromatic carbocycles. The number of nitrogens with zero attached hydrogens (tertiary/aromatic N) is 3. The summed E-state index contributed by atoms with van der Waals surface area (Å²) in [6.45, 7) is 11.9. The lowest BCUT2D eigenvalue weighted by Crippen LogP contribution is -2.50. The molecular formula is C17H33N3O. The van der Waals surface area contributed by atoms with E-state index in [2.05, 4.69) is 30.6 Å². The van der Waals surface area contributed by atoms with Crippen molar-refractivity contribution in [2.45, 2.75) is 58.5 Å². The van der Waals surface area contributed by atoms with E-state index in [9.17, 15) is 4.79 Å². The van der Waals surface area contributed by atoms with Crippen molar-refractivity contribution < 1.29 is 4.79 Å². The molecule has 4 heteroatoms. The Balaban J connectivity index is 1.77. The predicted octanol–water partition coefficient (Wildman–Crippen LogP) is 2.05. The van der Waals surface area contributed by atoms with Crippen LogP contribution in [-0.4, -0.2) is 72.5 Å². The van der Waals surface area contributed by atoms with Crippen molar-refractivity contribution in [1.29, 1.82) is 0 Å². The van der Waals surface area contributed by atoms with Crippen LogP contribution in [0.25, 0.3) is 0 Å². The first-order chi connectivity index (χ1) is 9.97. The summed E-state index contributed by atoms with van der Waals surface area (Å²) >= 11 is 0. The zero-order chi connectivity index (χ0) is 15.4. The van der Waals surface area contributed by atoms with Gasteiger partial charge in [0.05, 0.1) is 6.54 Å². The van der Waals surface area contributed by atoms with Crippen molar-refractivity contribution in [2.75, 3.05) is 39.8 Å². The monoisotopic (exact) mass is 295 g/mol. The molecule has 0 aromatic heterocycles. The van der Waals surface area contributed by atoms with Crippen molar-refractivity contribution in [3.63, 3.8) is 0 Å². The van der Waals surface area contributed by atoms with E-state index in [1.165, 1.54) is 12.8 Å². The maximum atomic E-state index is 12.5. The molecule has 122 valence electrons. The average molecular weight is 295 g/mol. The number of hydrogen-bond acceptors (Lipinski definition) is 3. The van der Waals surface area contributed by atoms with Crippen LogP contribution >= 0.6 is 0 Å². The quantitative estimate of drug-likeness (QED) is 0.794. The van der Waals surface area contributed by atoms with Gasteiger partial charge in [0, 0.05) is 38.8 Å². The molecule has 2 rings (SSSR count). The van der Waals surface area contributed by atoms with Crippen LogP contribution in [0.15, 0.2) is 0 Å². The van der Waals surface area contributed by atoms with E-state index in [-0.39, 0.29) is 0 Å². The SMILES string of the molecule is CC1CCCN(CC(=O)N(C)C2CCN(C(C)C)CC2)C1. The van der Waals surface area contributed by atoms with Gasteiger partial charge in [-0.2, -0.15) is 0 Å². The summed E-state index contributed by atoms with van der Waals surface area (Å²) < 4.78 is 0. The molecule has 0 bridgehead atoms. The van der Waals surface area contributed by atoms with E-state index < -0.39 is 0 Å². The van der Waals surface area contributed by atoms with Gasteiger partial charge in [0.25, 0.3) is 0 Å². The van der Waals surface area contributed by atoms with Crippen molar-refractivity contribution in [3.05, 3.63) is 0 Å². The summed E-state index contributed by atoms with van der Waals surface area (Å²) in [7, 11) is 2.01. The van der Waals surface area contributed by atoms with Crippen LogP contribution in [0.5, 0.6) is 0 Å². The number of piperidine rings is 2. The molecule has 1 amide bonds. The highest BCUT2D eigenvalue weighted by Crippen LogP contribution is 2.19. The first kappa shape index (κ1) is 16.8. The molecule has 1 unspecified atom stereocenters. The fourth-order valence-corrected chi connectivity index (χ4v) is 3.73. The summed E-state index contributed by atoms with van der Waals surface area (Å²) in [6.07, 6.45) is 4.80. The number of rotatable bonds is 4. The normalized spacial score (nSPS) is 26.2. The predicted molar refractivity (Wildman–Crippen MR) is 87.3 cm³/mol. The molecule has 2 saturated heterocycles. The smallest absolute Gasteiger partial charge is 0.236 e. The van der Waals surface area contributed by atoms with Crippen molar-refractivity contribution >= 4 is 5.91 Å². The highest BCUT2D eigenvalue weighted by atomic mass is 16.2. The van der Waals surface area contributed by atoms with Gasteiger partial charge in [-0.1, -0.05) is 6.92 Å². The Hall–Kier alpha value is -0.610. The van der Waals surface area contributed by atoms with Crippen LogP contribution in [-0.2, 0) is 4.79 Å². The molecule has 0 spiro atoms. The van der Waals surface area contributed by atoms with E-state index >= 15 is 0 Å². The standard InChI is InChI=1S/C17H33N3O/c1-14(2)20-10-7-16(8-11-20)18(4)17(21)13-19-9-5-6-15(3)12-19/h14-16H,5-13H2,1-4H3. The molecule has 2 aliphatic heterocycles. The molecule has 2 aliphatic rings. The topological polar surface area (TPSA) is 26.8 Å². The Morgan fingerprint density at radius 2 is 1.86 bits per heavy atom. The molecule has 0 radical (unpaired) electrons. The minimum Gasteiger partial charge on any atom is -0.342 e. The number of hydrogen-bond donors (Lipinski definition) is 0. The van der Waals surface area contributed by atoms with E-state index in [1.54, 1.807) is 0 Å². The zero-order valence-electron chi connectivity index (χ0n) is 14.3. The maximum absolute atomic E-state index is 12.5. The van der Waals surface area contributed by atoms with Crippen molar-refractivity contribution in [2.24, 2.45) is 5.92 Å². The third-order valence-corrected chi connectivity index (χ3v) is 5.27. The van der Waals surface area contributed by atoms with Gasteiger partial charge in [-0.15, -0.1) is 0 Å². The molecule has 0 aliphatic carbocycles. The fraction of sp³-hybridized carbons (Fsp3) is 0.941. The van der Waals surface area contributed by atoms with E-state index in [0.29, 0.717) is 24.5 Å². The lowest BCUT2D eigenvalue weighted by atomic mass is 10.00. The van der Waals surface area contributed by atoms with Gasteiger partial charge in [-0.25, -0.2) is 0 Å². The Kier molecular flexibility index (Phi) is 6.06. The van der Waals surface area contributed by atoms with Crippen LogP contribution < -0.4 is 0 Å². The minimum atomic E-state index is 0.312. The third kappa shape index (κ3) is 4.68.